The van der Waals surface area contributed by atoms with Crippen molar-refractivity contribution >= 4 is 40.1 Å². The molecule has 0 spiro atoms. The van der Waals surface area contributed by atoms with Crippen LogP contribution in [0.5, 0.6) is 0 Å². The molecule has 2 aromatic carbocycles. The maximum atomic E-state index is 6.51. The van der Waals surface area contributed by atoms with E-state index in [-0.39, 0.29) is 0 Å². The first-order valence-corrected chi connectivity index (χ1v) is 13.8. The molecular weight excluding hydrogens is 452 g/mol. The number of benzene rings is 2. The highest BCUT2D eigenvalue weighted by atomic mass is 32.2. The minimum absolute atomic E-state index is 0.361. The van der Waals surface area contributed by atoms with Crippen LogP contribution in [0.2, 0.25) is 0 Å². The molecule has 0 atom stereocenters. The number of hydrogen-bond donors (Lipinski definition) is 4. The number of aliphatic imine (C=N–C) groups is 1. The van der Waals surface area contributed by atoms with E-state index in [1.165, 1.54) is 11.1 Å². The number of aromatic nitrogens is 1. The van der Waals surface area contributed by atoms with Gasteiger partial charge in [-0.25, -0.2) is 4.98 Å². The smallest absolute Gasteiger partial charge is 0.148 e. The molecule has 0 aliphatic carbocycles. The number of hydrogen-bond acceptors (Lipinski definition) is 7. The Morgan fingerprint density at radius 2 is 1.69 bits per heavy atom. The number of nitrogens with one attached hydrogen (secondary N) is 1. The summed E-state index contributed by atoms with van der Waals surface area (Å²) in [4.78, 5) is 9.60. The number of nitrogens with two attached hydrogens (primary N) is 3. The zero-order valence-electron chi connectivity index (χ0n) is 21.7. The number of rotatable bonds is 12. The summed E-state index contributed by atoms with van der Waals surface area (Å²) in [7, 11) is 0. The van der Waals surface area contributed by atoms with Gasteiger partial charge >= 0.3 is 0 Å². The van der Waals surface area contributed by atoms with E-state index < -0.39 is 0 Å². The number of fused-ring (bicyclic) bond motifs is 1. The normalized spacial score (nSPS) is 11.4. The van der Waals surface area contributed by atoms with Gasteiger partial charge in [-0.1, -0.05) is 75.5 Å². The Labute approximate surface area is 215 Å². The molecule has 0 aliphatic rings. The molecule has 0 saturated heterocycles. The number of aryl methyl sites for hydroxylation is 1. The van der Waals surface area contributed by atoms with Crippen LogP contribution in [0.25, 0.3) is 10.9 Å². The van der Waals surface area contributed by atoms with Crippen molar-refractivity contribution in [3.63, 3.8) is 0 Å². The van der Waals surface area contributed by atoms with Crippen LogP contribution in [0.15, 0.2) is 47.5 Å². The lowest BCUT2D eigenvalue weighted by molar-refractivity contribution is 0.799. The van der Waals surface area contributed by atoms with Gasteiger partial charge in [0.2, 0.25) is 0 Å². The Morgan fingerprint density at radius 1 is 1.00 bits per heavy atom. The van der Waals surface area contributed by atoms with Gasteiger partial charge in [-0.2, -0.15) is 0 Å². The molecule has 6 nitrogen and oxygen atoms in total. The van der Waals surface area contributed by atoms with E-state index in [4.69, 9.17) is 22.2 Å². The molecule has 190 valence electrons. The Kier molecular flexibility index (Phi) is 12.6. The molecule has 0 aliphatic heterocycles. The minimum atomic E-state index is 0.361. The fourth-order valence-electron chi connectivity index (χ4n) is 3.86. The second kappa shape index (κ2) is 15.4. The Bertz CT molecular complexity index is 1080. The maximum absolute atomic E-state index is 6.51. The molecule has 35 heavy (non-hydrogen) atoms. The molecule has 7 N–H and O–H groups in total. The molecule has 1 aromatic heterocycles. The Morgan fingerprint density at radius 3 is 2.34 bits per heavy atom. The molecule has 3 aromatic rings. The van der Waals surface area contributed by atoms with Gasteiger partial charge in [0.15, 0.2) is 0 Å². The highest BCUT2D eigenvalue weighted by Gasteiger charge is 2.17. The van der Waals surface area contributed by atoms with E-state index >= 15 is 0 Å². The van der Waals surface area contributed by atoms with Crippen molar-refractivity contribution in [3.8, 4) is 0 Å². The lowest BCUT2D eigenvalue weighted by atomic mass is 9.95. The molecule has 0 fully saturated rings. The number of pyridine rings is 1. The molecule has 0 unspecified atom stereocenters. The largest absolute Gasteiger partial charge is 0.395 e. The summed E-state index contributed by atoms with van der Waals surface area (Å²) in [6.07, 6.45) is 6.88. The average Bonchev–Trinajstić information content (AvgIpc) is 2.89. The average molecular weight is 495 g/mol. The van der Waals surface area contributed by atoms with Crippen molar-refractivity contribution in [2.45, 2.75) is 59.4 Å². The Balaban J connectivity index is 0.00000210. The van der Waals surface area contributed by atoms with Gasteiger partial charge in [0.25, 0.3) is 0 Å². The summed E-state index contributed by atoms with van der Waals surface area (Å²) < 4.78 is 3.29. The SMILES string of the molecule is CC.CCCCN=C(Cc1ccc(CN)cc1)c1c(N)c(N)nc2cc(CCCNSC)ccc12. The van der Waals surface area contributed by atoms with Gasteiger partial charge in [0.05, 0.1) is 11.2 Å². The van der Waals surface area contributed by atoms with E-state index in [1.807, 2.05) is 20.1 Å². The van der Waals surface area contributed by atoms with Crippen molar-refractivity contribution in [1.82, 2.24) is 9.71 Å². The first-order chi connectivity index (χ1) is 17.1. The molecule has 7 heteroatoms. The van der Waals surface area contributed by atoms with Crippen molar-refractivity contribution in [2.75, 3.05) is 30.8 Å². The van der Waals surface area contributed by atoms with Crippen LogP contribution in [0.4, 0.5) is 11.5 Å². The predicted molar refractivity (Wildman–Crippen MR) is 156 cm³/mol. The van der Waals surface area contributed by atoms with Crippen LogP contribution < -0.4 is 21.9 Å². The van der Waals surface area contributed by atoms with Gasteiger partial charge in [-0.05, 0) is 48.3 Å². The summed E-state index contributed by atoms with van der Waals surface area (Å²) in [6.45, 7) is 8.44. The lowest BCUT2D eigenvalue weighted by Crippen LogP contribution is -2.13. The summed E-state index contributed by atoms with van der Waals surface area (Å²) >= 11 is 1.65. The summed E-state index contributed by atoms with van der Waals surface area (Å²) in [5.74, 6) is 0.361. The maximum Gasteiger partial charge on any atom is 0.148 e. The fraction of sp³-hybridized carbons (Fsp3) is 0.429. The summed E-state index contributed by atoms with van der Waals surface area (Å²) in [5, 5.41) is 1.00. The zero-order valence-corrected chi connectivity index (χ0v) is 22.5. The highest BCUT2D eigenvalue weighted by molar-refractivity contribution is 7.96. The first-order valence-electron chi connectivity index (χ1n) is 12.6. The molecule has 0 amide bonds. The van der Waals surface area contributed by atoms with Crippen LogP contribution in [0.1, 0.15) is 62.3 Å². The van der Waals surface area contributed by atoms with Crippen molar-refractivity contribution in [2.24, 2.45) is 10.7 Å². The summed E-state index contributed by atoms with van der Waals surface area (Å²) in [6, 6.07) is 14.8. The second-order valence-electron chi connectivity index (χ2n) is 8.22. The molecule has 1 heterocycles. The van der Waals surface area contributed by atoms with E-state index in [2.05, 4.69) is 59.1 Å². The third-order valence-electron chi connectivity index (χ3n) is 5.74. The fourth-order valence-corrected chi connectivity index (χ4v) is 4.21. The van der Waals surface area contributed by atoms with Crippen LogP contribution in [-0.2, 0) is 19.4 Å². The summed E-state index contributed by atoms with van der Waals surface area (Å²) in [5.41, 5.74) is 25.3. The van der Waals surface area contributed by atoms with Gasteiger partial charge < -0.3 is 17.2 Å². The van der Waals surface area contributed by atoms with Crippen LogP contribution in [-0.4, -0.2) is 30.0 Å². The number of nitrogens with zero attached hydrogens (tertiary/aromatic N) is 2. The molecule has 0 radical (unpaired) electrons. The highest BCUT2D eigenvalue weighted by Crippen LogP contribution is 2.30. The number of nitrogen functional groups attached to an aromatic ring is 2. The third-order valence-corrected chi connectivity index (χ3v) is 6.23. The van der Waals surface area contributed by atoms with Crippen LogP contribution >= 0.6 is 11.9 Å². The molecule has 3 rings (SSSR count). The minimum Gasteiger partial charge on any atom is -0.395 e. The Hall–Kier alpha value is -2.61. The van der Waals surface area contributed by atoms with Crippen molar-refractivity contribution in [3.05, 3.63) is 64.7 Å². The molecule has 0 bridgehead atoms. The van der Waals surface area contributed by atoms with E-state index in [0.29, 0.717) is 24.5 Å². The van der Waals surface area contributed by atoms with Gasteiger partial charge in [0.1, 0.15) is 5.82 Å². The van der Waals surface area contributed by atoms with E-state index in [1.54, 1.807) is 11.9 Å². The first kappa shape index (κ1) is 28.6. The molecular formula is C28H42N6S. The van der Waals surface area contributed by atoms with Crippen molar-refractivity contribution < 1.29 is 0 Å². The molecule has 0 saturated carbocycles. The van der Waals surface area contributed by atoms with Gasteiger partial charge in [-0.3, -0.25) is 9.71 Å². The van der Waals surface area contributed by atoms with Crippen LogP contribution in [0, 0.1) is 0 Å². The zero-order chi connectivity index (χ0) is 25.6. The van der Waals surface area contributed by atoms with Crippen molar-refractivity contribution in [1.29, 1.82) is 0 Å². The number of anilines is 2. The van der Waals surface area contributed by atoms with Gasteiger partial charge in [0, 0.05) is 42.7 Å². The monoisotopic (exact) mass is 494 g/mol. The lowest BCUT2D eigenvalue weighted by Gasteiger charge is -2.16. The predicted octanol–water partition coefficient (Wildman–Crippen LogP) is 5.52. The van der Waals surface area contributed by atoms with E-state index in [0.717, 1.165) is 66.5 Å². The topological polar surface area (TPSA) is 115 Å². The van der Waals surface area contributed by atoms with Gasteiger partial charge in [-0.15, -0.1) is 0 Å². The second-order valence-corrected chi connectivity index (χ2v) is 8.92. The van der Waals surface area contributed by atoms with E-state index in [9.17, 15) is 0 Å². The number of unbranched alkanes of at least 4 members (excludes halogenated alkanes) is 1. The van der Waals surface area contributed by atoms with Crippen LogP contribution in [0.3, 0.4) is 0 Å². The quantitative estimate of drug-likeness (QED) is 0.150. The standard InChI is InChI=1S/C26H36N6S.C2H6/c1-3-4-13-30-23(16-19-7-9-20(17-27)10-8-19)24-21-12-11-18(6-5-14-31-33-2)15-22(21)32-26(29)25(24)28;1-2/h7-12,15,31H,3-6,13-14,16-17,27-28H2,1-2H3,(H2,29,32);1-2H3. The third kappa shape index (κ3) is 8.23.